The molecule has 0 saturated carbocycles. The summed E-state index contributed by atoms with van der Waals surface area (Å²) in [7, 11) is -3.81. The van der Waals surface area contributed by atoms with Crippen LogP contribution in [-0.2, 0) is 32.6 Å². The Hall–Kier alpha value is -2.23. The van der Waals surface area contributed by atoms with Crippen molar-refractivity contribution in [2.45, 2.75) is 56.6 Å². The Bertz CT molecular complexity index is 1070. The second-order valence-electron chi connectivity index (χ2n) is 7.80. The van der Waals surface area contributed by atoms with E-state index in [1.165, 1.54) is 11.2 Å². The predicted octanol–water partition coefficient (Wildman–Crippen LogP) is 2.52. The van der Waals surface area contributed by atoms with Crippen molar-refractivity contribution in [1.29, 1.82) is 0 Å². The monoisotopic (exact) mass is 447 g/mol. The minimum Gasteiger partial charge on any atom is -0.350 e. The minimum atomic E-state index is -3.81. The molecule has 1 aromatic heterocycles. The standard InChI is InChI=1S/C21H25N3O4S2/c1-14-11-16-12-18(7-8-19(16)24(14)15(2)25)30(27,28)23-9-3-6-20(23)21(26)22-13-17-5-4-10-29-17/h4-5,7-8,10,12,14,20H,3,6,9,11,13H2,1-2H3,(H,22,26)/t14-,20-/m1/s1. The van der Waals surface area contributed by atoms with Crippen molar-refractivity contribution in [1.82, 2.24) is 9.62 Å². The average molecular weight is 448 g/mol. The number of benzene rings is 1. The van der Waals surface area contributed by atoms with Crippen LogP contribution < -0.4 is 10.2 Å². The SMILES string of the molecule is CC(=O)N1c2ccc(S(=O)(=O)N3CCC[C@@H]3C(=O)NCc3cccs3)cc2C[C@H]1C. The molecule has 4 rings (SSSR count). The maximum atomic E-state index is 13.3. The van der Waals surface area contributed by atoms with Crippen molar-refractivity contribution in [2.24, 2.45) is 0 Å². The van der Waals surface area contributed by atoms with Crippen LogP contribution in [0.1, 0.15) is 37.1 Å². The molecule has 0 radical (unpaired) electrons. The van der Waals surface area contributed by atoms with E-state index in [-0.39, 0.29) is 22.8 Å². The average Bonchev–Trinajstić information content (AvgIpc) is 3.43. The van der Waals surface area contributed by atoms with Gasteiger partial charge in [0, 0.05) is 30.1 Å². The lowest BCUT2D eigenvalue weighted by Crippen LogP contribution is -2.45. The van der Waals surface area contributed by atoms with Gasteiger partial charge in [-0.3, -0.25) is 9.59 Å². The molecule has 2 aliphatic rings. The van der Waals surface area contributed by atoms with Crippen LogP contribution >= 0.6 is 11.3 Å². The van der Waals surface area contributed by atoms with Crippen LogP contribution in [-0.4, -0.2) is 43.2 Å². The highest BCUT2D eigenvalue weighted by Crippen LogP contribution is 2.35. The zero-order chi connectivity index (χ0) is 21.5. The van der Waals surface area contributed by atoms with Crippen LogP contribution in [0, 0.1) is 0 Å². The highest BCUT2D eigenvalue weighted by atomic mass is 32.2. The van der Waals surface area contributed by atoms with Crippen molar-refractivity contribution >= 4 is 38.9 Å². The minimum absolute atomic E-state index is 0.00183. The molecule has 1 N–H and O–H groups in total. The molecule has 0 spiro atoms. The maximum Gasteiger partial charge on any atom is 0.243 e. The third-order valence-electron chi connectivity index (χ3n) is 5.74. The van der Waals surface area contributed by atoms with Gasteiger partial charge < -0.3 is 10.2 Å². The molecule has 2 atom stereocenters. The molecule has 2 aromatic rings. The van der Waals surface area contributed by atoms with E-state index in [2.05, 4.69) is 5.32 Å². The molecule has 1 saturated heterocycles. The van der Waals surface area contributed by atoms with Crippen LogP contribution in [0.3, 0.4) is 0 Å². The Morgan fingerprint density at radius 2 is 2.07 bits per heavy atom. The first-order valence-electron chi connectivity index (χ1n) is 10.0. The Kier molecular flexibility index (Phi) is 5.69. The van der Waals surface area contributed by atoms with Gasteiger partial charge in [-0.2, -0.15) is 4.31 Å². The second kappa shape index (κ2) is 8.13. The number of sulfonamides is 1. The number of anilines is 1. The Balaban J connectivity index is 1.55. The number of fused-ring (bicyclic) bond motifs is 1. The molecule has 2 amide bonds. The van der Waals surface area contributed by atoms with Gasteiger partial charge in [-0.15, -0.1) is 11.3 Å². The van der Waals surface area contributed by atoms with Gasteiger partial charge in [0.2, 0.25) is 21.8 Å². The number of hydrogen-bond donors (Lipinski definition) is 1. The summed E-state index contributed by atoms with van der Waals surface area (Å²) in [6.45, 7) is 4.19. The van der Waals surface area contributed by atoms with Crippen LogP contribution in [0.25, 0.3) is 0 Å². The number of carbonyl (C=O) groups is 2. The highest BCUT2D eigenvalue weighted by Gasteiger charge is 2.40. The van der Waals surface area contributed by atoms with Gasteiger partial charge >= 0.3 is 0 Å². The number of hydrogen-bond acceptors (Lipinski definition) is 5. The van der Waals surface area contributed by atoms with Crippen LogP contribution in [0.5, 0.6) is 0 Å². The topological polar surface area (TPSA) is 86.8 Å². The molecular weight excluding hydrogens is 422 g/mol. The quantitative estimate of drug-likeness (QED) is 0.763. The van der Waals surface area contributed by atoms with Gasteiger partial charge in [-0.1, -0.05) is 6.07 Å². The molecule has 1 aromatic carbocycles. The number of nitrogens with zero attached hydrogens (tertiary/aromatic N) is 2. The summed E-state index contributed by atoms with van der Waals surface area (Å²) in [6.07, 6.45) is 1.77. The fourth-order valence-corrected chi connectivity index (χ4v) is 6.73. The van der Waals surface area contributed by atoms with E-state index in [1.54, 1.807) is 34.4 Å². The Morgan fingerprint density at radius 1 is 1.27 bits per heavy atom. The summed E-state index contributed by atoms with van der Waals surface area (Å²) in [5, 5.41) is 4.81. The summed E-state index contributed by atoms with van der Waals surface area (Å²) in [4.78, 5) is 27.6. The van der Waals surface area contributed by atoms with E-state index in [0.717, 1.165) is 16.1 Å². The van der Waals surface area contributed by atoms with Gasteiger partial charge in [0.25, 0.3) is 0 Å². The molecule has 9 heteroatoms. The van der Waals surface area contributed by atoms with Crippen LogP contribution in [0.15, 0.2) is 40.6 Å². The zero-order valence-electron chi connectivity index (χ0n) is 17.0. The lowest BCUT2D eigenvalue weighted by atomic mass is 10.1. The fourth-order valence-electron chi connectivity index (χ4n) is 4.38. The summed E-state index contributed by atoms with van der Waals surface area (Å²) in [5.74, 6) is -0.319. The second-order valence-corrected chi connectivity index (χ2v) is 10.7. The first-order valence-corrected chi connectivity index (χ1v) is 12.4. The van der Waals surface area contributed by atoms with E-state index in [9.17, 15) is 18.0 Å². The molecule has 0 unspecified atom stereocenters. The summed E-state index contributed by atoms with van der Waals surface area (Å²) in [5.41, 5.74) is 1.61. The van der Waals surface area contributed by atoms with Gasteiger partial charge in [0.1, 0.15) is 6.04 Å². The molecule has 3 heterocycles. The van der Waals surface area contributed by atoms with Gasteiger partial charge in [-0.25, -0.2) is 8.42 Å². The summed E-state index contributed by atoms with van der Waals surface area (Å²) < 4.78 is 28.0. The molecule has 160 valence electrons. The van der Waals surface area contributed by atoms with Gasteiger partial charge in [0.05, 0.1) is 11.4 Å². The van der Waals surface area contributed by atoms with E-state index in [4.69, 9.17) is 0 Å². The third kappa shape index (κ3) is 3.77. The van der Waals surface area contributed by atoms with Crippen molar-refractivity contribution in [2.75, 3.05) is 11.4 Å². The van der Waals surface area contributed by atoms with E-state index in [0.29, 0.717) is 32.4 Å². The third-order valence-corrected chi connectivity index (χ3v) is 8.52. The van der Waals surface area contributed by atoms with Crippen molar-refractivity contribution < 1.29 is 18.0 Å². The zero-order valence-corrected chi connectivity index (χ0v) is 18.6. The van der Waals surface area contributed by atoms with E-state index in [1.807, 2.05) is 24.4 Å². The number of amides is 2. The number of nitrogens with one attached hydrogen (secondary N) is 1. The molecular formula is C21H25N3O4S2. The molecule has 7 nitrogen and oxygen atoms in total. The van der Waals surface area contributed by atoms with Gasteiger partial charge in [0.15, 0.2) is 0 Å². The lowest BCUT2D eigenvalue weighted by Gasteiger charge is -2.24. The van der Waals surface area contributed by atoms with Crippen molar-refractivity contribution in [3.8, 4) is 0 Å². The molecule has 1 fully saturated rings. The number of rotatable bonds is 5. The van der Waals surface area contributed by atoms with Gasteiger partial charge in [-0.05, 0) is 61.4 Å². The molecule has 30 heavy (non-hydrogen) atoms. The largest absolute Gasteiger partial charge is 0.350 e. The van der Waals surface area contributed by atoms with Crippen molar-refractivity contribution in [3.63, 3.8) is 0 Å². The van der Waals surface area contributed by atoms with Crippen LogP contribution in [0.4, 0.5) is 5.69 Å². The lowest BCUT2D eigenvalue weighted by molar-refractivity contribution is -0.124. The summed E-state index contributed by atoms with van der Waals surface area (Å²) in [6, 6.07) is 8.05. The Morgan fingerprint density at radius 3 is 2.77 bits per heavy atom. The van der Waals surface area contributed by atoms with E-state index < -0.39 is 16.1 Å². The first kappa shape index (κ1) is 21.0. The Labute approximate surface area is 180 Å². The number of carbonyl (C=O) groups excluding carboxylic acids is 2. The molecule has 0 bridgehead atoms. The molecule has 2 aliphatic heterocycles. The smallest absolute Gasteiger partial charge is 0.243 e. The van der Waals surface area contributed by atoms with Crippen molar-refractivity contribution in [3.05, 3.63) is 46.2 Å². The normalized spacial score (nSPS) is 21.6. The highest BCUT2D eigenvalue weighted by molar-refractivity contribution is 7.89. The van der Waals surface area contributed by atoms with Crippen LogP contribution in [0.2, 0.25) is 0 Å². The van der Waals surface area contributed by atoms with E-state index >= 15 is 0 Å². The maximum absolute atomic E-state index is 13.3. The predicted molar refractivity (Wildman–Crippen MR) is 116 cm³/mol. The number of thiophene rings is 1. The first-order chi connectivity index (χ1) is 14.3. The summed E-state index contributed by atoms with van der Waals surface area (Å²) >= 11 is 1.55. The molecule has 0 aliphatic carbocycles. The fraction of sp³-hybridized carbons (Fsp3) is 0.429.